The average molecular weight is 475 g/mol. The molecule has 0 bridgehead atoms. The van der Waals surface area contributed by atoms with Crippen LogP contribution in [0, 0.1) is 15.9 Å². The summed E-state index contributed by atoms with van der Waals surface area (Å²) in [5.74, 6) is 1.05. The third kappa shape index (κ3) is 5.51. The molecule has 30 heavy (non-hydrogen) atoms. The third-order valence-corrected chi connectivity index (χ3v) is 4.49. The number of nitro groups is 1. The highest BCUT2D eigenvalue weighted by Gasteiger charge is 2.12. The molecule has 3 rings (SSSR count). The SMILES string of the molecule is COc1cc(/C=N/Nc2ccc([N+](=O)[O-])cn2)cc(Br)c1OCc1ccc(F)cc1. The van der Waals surface area contributed by atoms with E-state index >= 15 is 0 Å². The summed E-state index contributed by atoms with van der Waals surface area (Å²) in [4.78, 5) is 14.0. The van der Waals surface area contributed by atoms with Gasteiger partial charge in [0.1, 0.15) is 24.4 Å². The van der Waals surface area contributed by atoms with Gasteiger partial charge in [-0.25, -0.2) is 9.37 Å². The fourth-order valence-corrected chi connectivity index (χ4v) is 3.00. The van der Waals surface area contributed by atoms with Crippen molar-refractivity contribution in [2.75, 3.05) is 12.5 Å². The van der Waals surface area contributed by atoms with Crippen LogP contribution in [0.3, 0.4) is 0 Å². The lowest BCUT2D eigenvalue weighted by Crippen LogP contribution is -2.00. The van der Waals surface area contributed by atoms with E-state index in [9.17, 15) is 14.5 Å². The third-order valence-electron chi connectivity index (χ3n) is 3.90. The zero-order valence-corrected chi connectivity index (χ0v) is 17.3. The quantitative estimate of drug-likeness (QED) is 0.282. The van der Waals surface area contributed by atoms with Crippen molar-refractivity contribution in [2.45, 2.75) is 6.61 Å². The van der Waals surface area contributed by atoms with Gasteiger partial charge in [0.2, 0.25) is 0 Å². The van der Waals surface area contributed by atoms with E-state index in [4.69, 9.17) is 9.47 Å². The Bertz CT molecular complexity index is 1060. The van der Waals surface area contributed by atoms with E-state index in [-0.39, 0.29) is 18.1 Å². The minimum Gasteiger partial charge on any atom is -0.493 e. The van der Waals surface area contributed by atoms with Crippen molar-refractivity contribution in [3.63, 3.8) is 0 Å². The highest BCUT2D eigenvalue weighted by atomic mass is 79.9. The molecular formula is C20H16BrFN4O4. The van der Waals surface area contributed by atoms with Crippen LogP contribution < -0.4 is 14.9 Å². The number of pyridine rings is 1. The first-order chi connectivity index (χ1) is 14.5. The number of anilines is 1. The first-order valence-corrected chi connectivity index (χ1v) is 9.40. The number of hydrogen-bond donors (Lipinski definition) is 1. The Labute approximate surface area is 179 Å². The molecule has 1 heterocycles. The van der Waals surface area contributed by atoms with Crippen molar-refractivity contribution in [2.24, 2.45) is 5.10 Å². The molecular weight excluding hydrogens is 459 g/mol. The minimum atomic E-state index is -0.524. The number of hydrazone groups is 1. The van der Waals surface area contributed by atoms with Gasteiger partial charge >= 0.3 is 0 Å². The molecule has 0 fully saturated rings. The number of aromatic nitrogens is 1. The van der Waals surface area contributed by atoms with Crippen LogP contribution in [0.15, 0.2) is 64.3 Å². The second-order valence-corrected chi connectivity index (χ2v) is 6.83. The molecule has 0 amide bonds. The normalized spacial score (nSPS) is 10.8. The summed E-state index contributed by atoms with van der Waals surface area (Å²) in [7, 11) is 1.52. The second kappa shape index (κ2) is 9.79. The van der Waals surface area contributed by atoms with E-state index in [0.717, 1.165) is 11.8 Å². The number of methoxy groups -OCH3 is 1. The van der Waals surface area contributed by atoms with Gasteiger partial charge in [0.05, 0.1) is 22.7 Å². The fraction of sp³-hybridized carbons (Fsp3) is 0.100. The number of halogens is 2. The van der Waals surface area contributed by atoms with Crippen molar-refractivity contribution in [3.05, 3.63) is 86.3 Å². The van der Waals surface area contributed by atoms with E-state index < -0.39 is 4.92 Å². The Kier molecular flexibility index (Phi) is 6.91. The zero-order valence-electron chi connectivity index (χ0n) is 15.7. The molecule has 0 aliphatic rings. The van der Waals surface area contributed by atoms with Gasteiger partial charge < -0.3 is 9.47 Å². The van der Waals surface area contributed by atoms with Gasteiger partial charge in [0.15, 0.2) is 11.5 Å². The number of rotatable bonds is 8. The van der Waals surface area contributed by atoms with Gasteiger partial charge in [-0.15, -0.1) is 0 Å². The van der Waals surface area contributed by atoms with Crippen molar-refractivity contribution in [1.29, 1.82) is 0 Å². The smallest absolute Gasteiger partial charge is 0.287 e. The van der Waals surface area contributed by atoms with Gasteiger partial charge in [-0.1, -0.05) is 12.1 Å². The van der Waals surface area contributed by atoms with Crippen LogP contribution >= 0.6 is 15.9 Å². The molecule has 0 atom stereocenters. The van der Waals surface area contributed by atoms with Gasteiger partial charge in [0, 0.05) is 6.07 Å². The highest BCUT2D eigenvalue weighted by molar-refractivity contribution is 9.10. The average Bonchev–Trinajstić information content (AvgIpc) is 2.74. The molecule has 0 saturated heterocycles. The van der Waals surface area contributed by atoms with E-state index in [2.05, 4.69) is 31.4 Å². The Morgan fingerprint density at radius 1 is 1.27 bits per heavy atom. The van der Waals surface area contributed by atoms with E-state index in [1.54, 1.807) is 30.5 Å². The van der Waals surface area contributed by atoms with Crippen LogP contribution in [-0.2, 0) is 6.61 Å². The fourth-order valence-electron chi connectivity index (χ4n) is 2.42. The standard InChI is InChI=1S/C20H16BrFN4O4/c1-29-18-9-14(10-24-25-19-7-6-16(11-23-19)26(27)28)8-17(21)20(18)30-12-13-2-4-15(22)5-3-13/h2-11H,12H2,1H3,(H,23,25)/b24-10+. The highest BCUT2D eigenvalue weighted by Crippen LogP contribution is 2.36. The summed E-state index contributed by atoms with van der Waals surface area (Å²) < 4.78 is 24.9. The van der Waals surface area contributed by atoms with Gasteiger partial charge in [-0.3, -0.25) is 15.5 Å². The number of nitrogens with zero attached hydrogens (tertiary/aromatic N) is 3. The maximum atomic E-state index is 13.0. The molecule has 0 saturated carbocycles. The maximum Gasteiger partial charge on any atom is 0.287 e. The topological polar surface area (TPSA) is 98.9 Å². The Morgan fingerprint density at radius 2 is 2.03 bits per heavy atom. The summed E-state index contributed by atoms with van der Waals surface area (Å²) in [6.45, 7) is 0.246. The number of hydrogen-bond acceptors (Lipinski definition) is 7. The summed E-state index contributed by atoms with van der Waals surface area (Å²) >= 11 is 3.46. The lowest BCUT2D eigenvalue weighted by atomic mass is 10.2. The maximum absolute atomic E-state index is 13.0. The van der Waals surface area contributed by atoms with Crippen LogP contribution in [0.1, 0.15) is 11.1 Å². The molecule has 8 nitrogen and oxygen atoms in total. The molecule has 0 unspecified atom stereocenters. The Balaban J connectivity index is 1.68. The molecule has 0 radical (unpaired) electrons. The van der Waals surface area contributed by atoms with E-state index in [1.807, 2.05) is 0 Å². The van der Waals surface area contributed by atoms with Gasteiger partial charge in [0.25, 0.3) is 5.69 Å². The Morgan fingerprint density at radius 3 is 2.67 bits per heavy atom. The first-order valence-electron chi connectivity index (χ1n) is 8.60. The summed E-state index contributed by atoms with van der Waals surface area (Å²) in [5.41, 5.74) is 4.12. The van der Waals surface area contributed by atoms with E-state index in [1.165, 1.54) is 31.4 Å². The van der Waals surface area contributed by atoms with Crippen molar-refractivity contribution in [3.8, 4) is 11.5 Å². The second-order valence-electron chi connectivity index (χ2n) is 5.98. The molecule has 1 N–H and O–H groups in total. The molecule has 0 aliphatic heterocycles. The summed E-state index contributed by atoms with van der Waals surface area (Å²) in [5, 5.41) is 14.7. The van der Waals surface area contributed by atoms with E-state index in [0.29, 0.717) is 27.4 Å². The number of nitrogens with one attached hydrogen (secondary N) is 1. The summed E-state index contributed by atoms with van der Waals surface area (Å²) in [6, 6.07) is 12.4. The predicted octanol–water partition coefficient (Wildman–Crippen LogP) is 4.93. The first kappa shape index (κ1) is 21.2. The molecule has 154 valence electrons. The molecule has 0 aliphatic carbocycles. The molecule has 3 aromatic rings. The van der Waals surface area contributed by atoms with Crippen LogP contribution in [0.25, 0.3) is 0 Å². The predicted molar refractivity (Wildman–Crippen MR) is 114 cm³/mol. The minimum absolute atomic E-state index is 0.102. The lowest BCUT2D eigenvalue weighted by molar-refractivity contribution is -0.385. The number of ether oxygens (including phenoxy) is 2. The van der Waals surface area contributed by atoms with Crippen molar-refractivity contribution < 1.29 is 18.8 Å². The lowest BCUT2D eigenvalue weighted by Gasteiger charge is -2.13. The molecule has 0 spiro atoms. The van der Waals surface area contributed by atoms with Gasteiger partial charge in [-0.05, 0) is 57.4 Å². The molecule has 10 heteroatoms. The van der Waals surface area contributed by atoms with Crippen LogP contribution in [0.2, 0.25) is 0 Å². The number of benzene rings is 2. The van der Waals surface area contributed by atoms with Crippen LogP contribution in [-0.4, -0.2) is 23.2 Å². The largest absolute Gasteiger partial charge is 0.493 e. The molecule has 1 aromatic heterocycles. The zero-order chi connectivity index (χ0) is 21.5. The van der Waals surface area contributed by atoms with Crippen molar-refractivity contribution >= 4 is 33.6 Å². The van der Waals surface area contributed by atoms with Crippen LogP contribution in [0.4, 0.5) is 15.9 Å². The van der Waals surface area contributed by atoms with Crippen LogP contribution in [0.5, 0.6) is 11.5 Å². The monoisotopic (exact) mass is 474 g/mol. The summed E-state index contributed by atoms with van der Waals surface area (Å²) in [6.07, 6.45) is 2.69. The Hall–Kier alpha value is -3.53. The van der Waals surface area contributed by atoms with Crippen molar-refractivity contribution in [1.82, 2.24) is 4.98 Å². The molecule has 2 aromatic carbocycles. The van der Waals surface area contributed by atoms with Gasteiger partial charge in [-0.2, -0.15) is 5.10 Å².